The number of methoxy groups -OCH3 is 1. The van der Waals surface area contributed by atoms with Crippen molar-refractivity contribution in [2.45, 2.75) is 43.9 Å². The molecule has 1 rings (SSSR count). The van der Waals surface area contributed by atoms with Crippen LogP contribution in [0.15, 0.2) is 0 Å². The van der Waals surface area contributed by atoms with Crippen LogP contribution in [0.1, 0.15) is 32.6 Å². The van der Waals surface area contributed by atoms with Crippen LogP contribution >= 0.6 is 0 Å². The summed E-state index contributed by atoms with van der Waals surface area (Å²) < 4.78 is 28.9. The zero-order valence-electron chi connectivity index (χ0n) is 10.2. The lowest BCUT2D eigenvalue weighted by Gasteiger charge is -2.20. The van der Waals surface area contributed by atoms with E-state index < -0.39 is 9.84 Å². The second kappa shape index (κ2) is 6.57. The van der Waals surface area contributed by atoms with Gasteiger partial charge < -0.3 is 10.1 Å². The summed E-state index contributed by atoms with van der Waals surface area (Å²) >= 11 is 0. The fraction of sp³-hybridized carbons (Fsp3) is 1.00. The molecule has 1 fully saturated rings. The van der Waals surface area contributed by atoms with Gasteiger partial charge in [0.15, 0.2) is 9.84 Å². The molecule has 2 unspecified atom stereocenters. The molecule has 0 aromatic carbocycles. The summed E-state index contributed by atoms with van der Waals surface area (Å²) in [6.45, 7) is 3.30. The molecule has 0 heterocycles. The van der Waals surface area contributed by atoms with Gasteiger partial charge in [0.05, 0.1) is 17.6 Å². The fourth-order valence-corrected chi connectivity index (χ4v) is 4.23. The largest absolute Gasteiger partial charge is 0.384 e. The third-order valence-corrected chi connectivity index (χ3v) is 5.36. The maximum Gasteiger partial charge on any atom is 0.156 e. The van der Waals surface area contributed by atoms with Crippen LogP contribution in [0.25, 0.3) is 0 Å². The molecule has 0 bridgehead atoms. The van der Waals surface area contributed by atoms with Gasteiger partial charge in [-0.3, -0.25) is 0 Å². The lowest BCUT2D eigenvalue weighted by atomic mass is 10.2. The Morgan fingerprint density at radius 2 is 2.12 bits per heavy atom. The fourth-order valence-electron chi connectivity index (χ4n) is 2.27. The third-order valence-electron chi connectivity index (χ3n) is 3.14. The van der Waals surface area contributed by atoms with E-state index >= 15 is 0 Å². The lowest BCUT2D eigenvalue weighted by molar-refractivity contribution is 0.217. The Balaban J connectivity index is 2.55. The Morgan fingerprint density at radius 1 is 1.38 bits per heavy atom. The van der Waals surface area contributed by atoms with E-state index in [1.165, 1.54) is 7.11 Å². The molecule has 0 aromatic heterocycles. The number of hydrogen-bond acceptors (Lipinski definition) is 4. The topological polar surface area (TPSA) is 55.4 Å². The smallest absolute Gasteiger partial charge is 0.156 e. The monoisotopic (exact) mass is 249 g/mol. The number of nitrogens with one attached hydrogen (secondary N) is 1. The average molecular weight is 249 g/mol. The Labute approximate surface area is 98.7 Å². The van der Waals surface area contributed by atoms with Crippen LogP contribution in [0.2, 0.25) is 0 Å². The van der Waals surface area contributed by atoms with Gasteiger partial charge in [0, 0.05) is 13.2 Å². The predicted octanol–water partition coefficient (Wildman–Crippen LogP) is 0.968. The summed E-state index contributed by atoms with van der Waals surface area (Å²) in [6.07, 6.45) is 3.84. The van der Waals surface area contributed by atoms with Gasteiger partial charge in [0.25, 0.3) is 0 Å². The van der Waals surface area contributed by atoms with Gasteiger partial charge in [-0.25, -0.2) is 8.42 Å². The van der Waals surface area contributed by atoms with E-state index in [2.05, 4.69) is 12.2 Å². The molecule has 0 spiro atoms. The first-order valence-corrected chi connectivity index (χ1v) is 7.77. The number of rotatable bonds is 7. The maximum atomic E-state index is 12.0. The van der Waals surface area contributed by atoms with Crippen molar-refractivity contribution in [2.75, 3.05) is 26.0 Å². The number of ether oxygens (including phenoxy) is 1. The molecule has 4 nitrogen and oxygen atoms in total. The average Bonchev–Trinajstić information content (AvgIpc) is 2.72. The molecule has 5 heteroatoms. The summed E-state index contributed by atoms with van der Waals surface area (Å²) in [5.74, 6) is 0.151. The molecule has 0 saturated heterocycles. The molecule has 0 amide bonds. The van der Waals surface area contributed by atoms with Gasteiger partial charge >= 0.3 is 0 Å². The van der Waals surface area contributed by atoms with Crippen molar-refractivity contribution in [3.8, 4) is 0 Å². The molecule has 0 aromatic rings. The van der Waals surface area contributed by atoms with E-state index in [-0.39, 0.29) is 17.0 Å². The maximum absolute atomic E-state index is 12.0. The minimum Gasteiger partial charge on any atom is -0.384 e. The summed E-state index contributed by atoms with van der Waals surface area (Å²) in [4.78, 5) is 0. The van der Waals surface area contributed by atoms with Crippen LogP contribution in [-0.2, 0) is 14.6 Å². The molecular weight excluding hydrogens is 226 g/mol. The minimum absolute atomic E-state index is 0.151. The highest BCUT2D eigenvalue weighted by molar-refractivity contribution is 7.92. The van der Waals surface area contributed by atoms with Crippen LogP contribution in [0, 0.1) is 0 Å². The molecular formula is C11H23NO3S. The van der Waals surface area contributed by atoms with E-state index in [4.69, 9.17) is 4.74 Å². The van der Waals surface area contributed by atoms with Crippen LogP contribution in [0.5, 0.6) is 0 Å². The highest BCUT2D eigenvalue weighted by Gasteiger charge is 2.36. The van der Waals surface area contributed by atoms with Gasteiger partial charge in [-0.2, -0.15) is 0 Å². The summed E-state index contributed by atoms with van der Waals surface area (Å²) in [5.41, 5.74) is 0. The molecule has 0 radical (unpaired) electrons. The Kier molecular flexibility index (Phi) is 5.72. The van der Waals surface area contributed by atoms with Crippen LogP contribution in [0.3, 0.4) is 0 Å². The van der Waals surface area contributed by atoms with Crippen molar-refractivity contribution in [3.63, 3.8) is 0 Å². The second-order valence-corrected chi connectivity index (χ2v) is 6.73. The van der Waals surface area contributed by atoms with E-state index in [1.807, 2.05) is 0 Å². The van der Waals surface area contributed by atoms with Crippen LogP contribution in [0.4, 0.5) is 0 Å². The van der Waals surface area contributed by atoms with E-state index in [0.717, 1.165) is 32.2 Å². The quantitative estimate of drug-likeness (QED) is 0.730. The first-order valence-electron chi connectivity index (χ1n) is 6.05. The van der Waals surface area contributed by atoms with E-state index in [9.17, 15) is 8.42 Å². The normalized spacial score (nSPS) is 26.1. The lowest BCUT2D eigenvalue weighted by Crippen LogP contribution is -2.42. The molecule has 1 aliphatic rings. The molecule has 1 aliphatic carbocycles. The molecule has 0 aliphatic heterocycles. The first-order chi connectivity index (χ1) is 7.61. The van der Waals surface area contributed by atoms with Crippen LogP contribution < -0.4 is 5.32 Å². The van der Waals surface area contributed by atoms with Gasteiger partial charge in [-0.05, 0) is 25.8 Å². The molecule has 1 saturated carbocycles. The third kappa shape index (κ3) is 3.71. The molecule has 96 valence electrons. The van der Waals surface area contributed by atoms with Crippen molar-refractivity contribution < 1.29 is 13.2 Å². The van der Waals surface area contributed by atoms with Crippen molar-refractivity contribution in [1.29, 1.82) is 0 Å². The standard InChI is InChI=1S/C11H23NO3S/c1-3-7-12-10-5-4-6-11(10)16(13,14)9-8-15-2/h10-12H,3-9H2,1-2H3. The second-order valence-electron chi connectivity index (χ2n) is 4.39. The van der Waals surface area contributed by atoms with Crippen molar-refractivity contribution in [1.82, 2.24) is 5.32 Å². The van der Waals surface area contributed by atoms with E-state index in [0.29, 0.717) is 6.61 Å². The zero-order valence-corrected chi connectivity index (χ0v) is 11.1. The van der Waals surface area contributed by atoms with Crippen LogP contribution in [-0.4, -0.2) is 45.7 Å². The molecule has 16 heavy (non-hydrogen) atoms. The van der Waals surface area contributed by atoms with Gasteiger partial charge in [0.1, 0.15) is 0 Å². The SMILES string of the molecule is CCCNC1CCCC1S(=O)(=O)CCOC. The van der Waals surface area contributed by atoms with Gasteiger partial charge in [-0.15, -0.1) is 0 Å². The zero-order chi connectivity index (χ0) is 12.0. The minimum atomic E-state index is -2.99. The Bertz CT molecular complexity index is 290. The van der Waals surface area contributed by atoms with Gasteiger partial charge in [0.2, 0.25) is 0 Å². The summed E-state index contributed by atoms with van der Waals surface area (Å²) in [7, 11) is -1.45. The predicted molar refractivity (Wildman–Crippen MR) is 65.4 cm³/mol. The van der Waals surface area contributed by atoms with Gasteiger partial charge in [-0.1, -0.05) is 13.3 Å². The van der Waals surface area contributed by atoms with Crippen molar-refractivity contribution in [3.05, 3.63) is 0 Å². The van der Waals surface area contributed by atoms with E-state index in [1.54, 1.807) is 0 Å². The van der Waals surface area contributed by atoms with Crippen molar-refractivity contribution >= 4 is 9.84 Å². The highest BCUT2D eigenvalue weighted by Crippen LogP contribution is 2.26. The molecule has 1 N–H and O–H groups in total. The summed E-state index contributed by atoms with van der Waals surface area (Å²) in [5, 5.41) is 3.14. The molecule has 2 atom stereocenters. The number of sulfone groups is 1. The van der Waals surface area contributed by atoms with Crippen molar-refractivity contribution in [2.24, 2.45) is 0 Å². The summed E-state index contributed by atoms with van der Waals surface area (Å²) in [6, 6.07) is 0.154. The number of hydrogen-bond donors (Lipinski definition) is 1. The first kappa shape index (κ1) is 13.9. The Morgan fingerprint density at radius 3 is 2.75 bits per heavy atom. The highest BCUT2D eigenvalue weighted by atomic mass is 32.2. The Hall–Kier alpha value is -0.130.